The van der Waals surface area contributed by atoms with E-state index in [1.807, 2.05) is 6.07 Å². The maximum atomic E-state index is 9.12. The van der Waals surface area contributed by atoms with Crippen molar-refractivity contribution in [2.45, 2.75) is 6.42 Å². The lowest BCUT2D eigenvalue weighted by molar-refractivity contribution is 0.408. The highest BCUT2D eigenvalue weighted by atomic mass is 16.3. The van der Waals surface area contributed by atoms with E-state index in [1.165, 1.54) is 0 Å². The van der Waals surface area contributed by atoms with Gasteiger partial charge < -0.3 is 10.2 Å². The topological polar surface area (TPSA) is 40.5 Å². The van der Waals surface area contributed by atoms with Gasteiger partial charge in [0.15, 0.2) is 0 Å². The Bertz CT molecular complexity index is 326. The molecule has 0 spiro atoms. The van der Waals surface area contributed by atoms with Crippen molar-refractivity contribution in [2.24, 2.45) is 0 Å². The quantitative estimate of drug-likeness (QED) is 0.589. The molecule has 0 aliphatic heterocycles. The Morgan fingerprint density at radius 2 is 2.00 bits per heavy atom. The zero-order chi connectivity index (χ0) is 7.84. The number of benzene rings is 1. The Morgan fingerprint density at radius 3 is 2.82 bits per heavy atom. The lowest BCUT2D eigenvalue weighted by atomic mass is 10.1. The average molecular weight is 148 g/mol. The molecule has 1 aliphatic rings. The second-order valence-corrected chi connectivity index (χ2v) is 2.70. The molecule has 0 radical (unpaired) electrons. The van der Waals surface area contributed by atoms with E-state index >= 15 is 0 Å². The minimum atomic E-state index is 0.245. The summed E-state index contributed by atoms with van der Waals surface area (Å²) >= 11 is 0. The van der Waals surface area contributed by atoms with Crippen LogP contribution in [0.5, 0.6) is 5.75 Å². The highest BCUT2D eigenvalue weighted by Crippen LogP contribution is 2.26. The minimum Gasteiger partial charge on any atom is -0.512 e. The molecule has 0 aromatic heterocycles. The molecule has 0 amide bonds. The van der Waals surface area contributed by atoms with E-state index in [-0.39, 0.29) is 5.75 Å². The fraction of sp³-hybridized carbons (Fsp3) is 0.111. The van der Waals surface area contributed by atoms with Crippen LogP contribution in [0.3, 0.4) is 0 Å². The van der Waals surface area contributed by atoms with Crippen LogP contribution in [0, 0.1) is 0 Å². The van der Waals surface area contributed by atoms with Gasteiger partial charge >= 0.3 is 0 Å². The maximum Gasteiger partial charge on any atom is 0.116 e. The number of phenolic OH excluding ortho intramolecular Hbond substituents is 1. The Morgan fingerprint density at radius 1 is 1.18 bits per heavy atom. The van der Waals surface area contributed by atoms with Crippen LogP contribution in [0.4, 0.5) is 0 Å². The number of allylic oxidation sites excluding steroid dienone is 1. The zero-order valence-corrected chi connectivity index (χ0v) is 5.91. The third kappa shape index (κ3) is 0.963. The van der Waals surface area contributed by atoms with Crippen molar-refractivity contribution in [1.29, 1.82) is 0 Å². The largest absolute Gasteiger partial charge is 0.512 e. The molecular weight excluding hydrogens is 140 g/mol. The van der Waals surface area contributed by atoms with Gasteiger partial charge in [0, 0.05) is 6.42 Å². The Labute approximate surface area is 64.4 Å². The van der Waals surface area contributed by atoms with Gasteiger partial charge in [-0.1, -0.05) is 6.07 Å². The van der Waals surface area contributed by atoms with Gasteiger partial charge in [-0.2, -0.15) is 0 Å². The van der Waals surface area contributed by atoms with Crippen LogP contribution in [-0.2, 0) is 6.42 Å². The van der Waals surface area contributed by atoms with Crippen LogP contribution in [0.2, 0.25) is 0 Å². The summed E-state index contributed by atoms with van der Waals surface area (Å²) in [6.07, 6.45) is 2.27. The number of aliphatic hydroxyl groups is 1. The highest BCUT2D eigenvalue weighted by Gasteiger charge is 2.10. The molecule has 56 valence electrons. The molecule has 2 N–H and O–H groups in total. The normalized spacial score (nSPS) is 14.4. The van der Waals surface area contributed by atoms with E-state index in [0.717, 1.165) is 11.1 Å². The second-order valence-electron chi connectivity index (χ2n) is 2.70. The van der Waals surface area contributed by atoms with Crippen molar-refractivity contribution in [2.75, 3.05) is 0 Å². The summed E-state index contributed by atoms with van der Waals surface area (Å²) in [6.45, 7) is 0. The molecule has 0 atom stereocenters. The number of hydrogen-bond donors (Lipinski definition) is 2. The standard InChI is InChI=1S/C9H8O2/c10-8-2-1-6-3-9(11)5-7(6)4-8/h1-2,4-5,10-11H,3H2. The lowest BCUT2D eigenvalue weighted by Gasteiger charge is -1.96. The molecular formula is C9H8O2. The van der Waals surface area contributed by atoms with E-state index in [0.29, 0.717) is 12.2 Å². The SMILES string of the molecule is OC1=Cc2cc(O)ccc2C1. The molecule has 2 heteroatoms. The van der Waals surface area contributed by atoms with Crippen LogP contribution in [0.15, 0.2) is 24.0 Å². The molecule has 0 fully saturated rings. The van der Waals surface area contributed by atoms with Gasteiger partial charge in [-0.05, 0) is 29.3 Å². The van der Waals surface area contributed by atoms with Crippen molar-refractivity contribution in [3.8, 4) is 5.75 Å². The van der Waals surface area contributed by atoms with E-state index in [1.54, 1.807) is 18.2 Å². The lowest BCUT2D eigenvalue weighted by Crippen LogP contribution is -1.81. The second kappa shape index (κ2) is 2.02. The first-order valence-corrected chi connectivity index (χ1v) is 3.47. The monoisotopic (exact) mass is 148 g/mol. The zero-order valence-electron chi connectivity index (χ0n) is 5.91. The van der Waals surface area contributed by atoms with Crippen molar-refractivity contribution in [3.63, 3.8) is 0 Å². The Hall–Kier alpha value is -1.44. The van der Waals surface area contributed by atoms with Crippen molar-refractivity contribution >= 4 is 6.08 Å². The van der Waals surface area contributed by atoms with E-state index in [4.69, 9.17) is 10.2 Å². The average Bonchev–Trinajstić information content (AvgIpc) is 2.27. The van der Waals surface area contributed by atoms with Gasteiger partial charge in [-0.15, -0.1) is 0 Å². The predicted molar refractivity (Wildman–Crippen MR) is 42.4 cm³/mol. The molecule has 0 saturated heterocycles. The van der Waals surface area contributed by atoms with E-state index in [9.17, 15) is 0 Å². The maximum absolute atomic E-state index is 9.12. The number of phenols is 1. The van der Waals surface area contributed by atoms with Crippen LogP contribution in [0.25, 0.3) is 6.08 Å². The van der Waals surface area contributed by atoms with Crippen LogP contribution in [0.1, 0.15) is 11.1 Å². The first-order valence-electron chi connectivity index (χ1n) is 3.47. The number of hydrogen-bond acceptors (Lipinski definition) is 2. The van der Waals surface area contributed by atoms with Gasteiger partial charge in [0.1, 0.15) is 5.75 Å². The van der Waals surface area contributed by atoms with Crippen molar-refractivity contribution < 1.29 is 10.2 Å². The first-order chi connectivity index (χ1) is 5.25. The summed E-state index contributed by atoms with van der Waals surface area (Å²) in [5, 5.41) is 18.2. The van der Waals surface area contributed by atoms with E-state index < -0.39 is 0 Å². The van der Waals surface area contributed by atoms with Crippen molar-refractivity contribution in [3.05, 3.63) is 35.1 Å². The van der Waals surface area contributed by atoms with Crippen LogP contribution >= 0.6 is 0 Å². The third-order valence-corrected chi connectivity index (χ3v) is 1.82. The molecule has 0 bridgehead atoms. The first kappa shape index (κ1) is 6.28. The molecule has 2 nitrogen and oxygen atoms in total. The number of aromatic hydroxyl groups is 1. The molecule has 1 aromatic rings. The van der Waals surface area contributed by atoms with Crippen LogP contribution in [-0.4, -0.2) is 10.2 Å². The minimum absolute atomic E-state index is 0.245. The smallest absolute Gasteiger partial charge is 0.116 e. The Kier molecular flexibility index (Phi) is 1.15. The van der Waals surface area contributed by atoms with Gasteiger partial charge in [-0.25, -0.2) is 0 Å². The fourth-order valence-corrected chi connectivity index (χ4v) is 1.30. The molecule has 0 heterocycles. The summed E-state index contributed by atoms with van der Waals surface area (Å²) in [5.41, 5.74) is 1.99. The Balaban J connectivity index is 2.54. The molecule has 1 aromatic carbocycles. The summed E-state index contributed by atoms with van der Waals surface area (Å²) in [5.74, 6) is 0.611. The van der Waals surface area contributed by atoms with Gasteiger partial charge in [0.05, 0.1) is 5.76 Å². The van der Waals surface area contributed by atoms with Gasteiger partial charge in [0.2, 0.25) is 0 Å². The number of fused-ring (bicyclic) bond motifs is 1. The summed E-state index contributed by atoms with van der Waals surface area (Å²) in [6, 6.07) is 5.11. The van der Waals surface area contributed by atoms with Gasteiger partial charge in [-0.3, -0.25) is 0 Å². The molecule has 0 saturated carbocycles. The van der Waals surface area contributed by atoms with E-state index in [2.05, 4.69) is 0 Å². The molecule has 1 aliphatic carbocycles. The predicted octanol–water partition coefficient (Wildman–Crippen LogP) is 1.85. The molecule has 0 unspecified atom stereocenters. The molecule has 11 heavy (non-hydrogen) atoms. The number of rotatable bonds is 0. The van der Waals surface area contributed by atoms with Crippen LogP contribution < -0.4 is 0 Å². The number of aliphatic hydroxyl groups excluding tert-OH is 1. The third-order valence-electron chi connectivity index (χ3n) is 1.82. The van der Waals surface area contributed by atoms with Gasteiger partial charge in [0.25, 0.3) is 0 Å². The fourth-order valence-electron chi connectivity index (χ4n) is 1.30. The molecule has 2 rings (SSSR count). The summed E-state index contributed by atoms with van der Waals surface area (Å²) < 4.78 is 0. The summed E-state index contributed by atoms with van der Waals surface area (Å²) in [7, 11) is 0. The van der Waals surface area contributed by atoms with Crippen molar-refractivity contribution in [1.82, 2.24) is 0 Å². The highest BCUT2D eigenvalue weighted by molar-refractivity contribution is 5.63. The summed E-state index contributed by atoms with van der Waals surface area (Å²) in [4.78, 5) is 0.